The third-order valence-corrected chi connectivity index (χ3v) is 8.63. The Hall–Kier alpha value is -5.14. The van der Waals surface area contributed by atoms with E-state index in [4.69, 9.17) is 10.5 Å². The van der Waals surface area contributed by atoms with Crippen LogP contribution in [0.4, 0.5) is 31.9 Å². The van der Waals surface area contributed by atoms with Gasteiger partial charge in [0.25, 0.3) is 5.91 Å². The van der Waals surface area contributed by atoms with Crippen LogP contribution in [-0.2, 0) is 11.2 Å². The number of rotatable bonds is 8. The minimum atomic E-state index is -0.664. The number of nitrogens with one attached hydrogen (secondary N) is 4. The molecule has 11 nitrogen and oxygen atoms in total. The van der Waals surface area contributed by atoms with Gasteiger partial charge in [0.1, 0.15) is 11.6 Å². The number of fused-ring (bicyclic) bond motifs is 1. The summed E-state index contributed by atoms with van der Waals surface area (Å²) >= 11 is 0. The van der Waals surface area contributed by atoms with Crippen molar-refractivity contribution in [2.45, 2.75) is 25.3 Å². The minimum Gasteiger partial charge on any atom is -0.381 e. The lowest BCUT2D eigenvalue weighted by molar-refractivity contribution is 0.0904. The maximum atomic E-state index is 14.1. The highest BCUT2D eigenvalue weighted by Gasteiger charge is 2.22. The molecule has 0 atom stereocenters. The maximum absolute atomic E-state index is 14.1. The molecule has 0 bridgehead atoms. The number of benzene rings is 3. The predicted molar refractivity (Wildman–Crippen MR) is 178 cm³/mol. The smallest absolute Gasteiger partial charge is 0.258 e. The molecule has 242 valence electrons. The van der Waals surface area contributed by atoms with E-state index in [0.717, 1.165) is 67.6 Å². The number of ether oxygens (including phenoxy) is 1. The van der Waals surface area contributed by atoms with Crippen LogP contribution in [0.2, 0.25) is 0 Å². The molecule has 0 aliphatic carbocycles. The second-order valence-corrected chi connectivity index (χ2v) is 11.9. The van der Waals surface area contributed by atoms with Crippen molar-refractivity contribution in [2.75, 3.05) is 60.7 Å². The molecule has 5 aromatic rings. The molecule has 6 N–H and O–H groups in total. The molecule has 13 heteroatoms. The van der Waals surface area contributed by atoms with Crippen LogP contribution in [0, 0.1) is 11.6 Å². The third-order valence-electron chi connectivity index (χ3n) is 8.63. The molecule has 1 amide bonds. The quantitative estimate of drug-likeness (QED) is 0.163. The Labute approximate surface area is 269 Å². The van der Waals surface area contributed by atoms with Gasteiger partial charge < -0.3 is 31.3 Å². The van der Waals surface area contributed by atoms with Gasteiger partial charge >= 0.3 is 0 Å². The Balaban J connectivity index is 1.23. The second-order valence-electron chi connectivity index (χ2n) is 11.9. The first-order valence-corrected chi connectivity index (χ1v) is 15.7. The molecule has 0 spiro atoms. The van der Waals surface area contributed by atoms with Gasteiger partial charge in [0.2, 0.25) is 5.95 Å². The summed E-state index contributed by atoms with van der Waals surface area (Å²) in [6.07, 6.45) is 5.09. The molecule has 47 heavy (non-hydrogen) atoms. The highest BCUT2D eigenvalue weighted by Crippen LogP contribution is 2.33. The number of anilines is 4. The molecule has 0 saturated carbocycles. The number of nitrogen functional groups attached to an aromatic ring is 1. The number of H-pyrrole nitrogens is 1. The molecule has 7 rings (SSSR count). The Bertz CT molecular complexity index is 1880. The zero-order valence-electron chi connectivity index (χ0n) is 25.7. The van der Waals surface area contributed by atoms with Crippen LogP contribution in [0.3, 0.4) is 0 Å². The van der Waals surface area contributed by atoms with Gasteiger partial charge in [0, 0.05) is 86.2 Å². The Morgan fingerprint density at radius 3 is 2.49 bits per heavy atom. The summed E-state index contributed by atoms with van der Waals surface area (Å²) in [6.45, 7) is 4.92. The fraction of sp³-hybridized carbons (Fsp3) is 0.294. The van der Waals surface area contributed by atoms with Gasteiger partial charge in [-0.2, -0.15) is 5.10 Å². The van der Waals surface area contributed by atoms with Gasteiger partial charge in [-0.25, -0.2) is 18.7 Å². The topological polar surface area (TPSA) is 146 Å². The van der Waals surface area contributed by atoms with Crippen LogP contribution in [0.25, 0.3) is 22.0 Å². The van der Waals surface area contributed by atoms with Crippen molar-refractivity contribution in [3.63, 3.8) is 0 Å². The van der Waals surface area contributed by atoms with Crippen molar-refractivity contribution in [3.8, 4) is 11.1 Å². The summed E-state index contributed by atoms with van der Waals surface area (Å²) in [5.74, 6) is -1.18. The van der Waals surface area contributed by atoms with Crippen molar-refractivity contribution >= 4 is 40.0 Å². The van der Waals surface area contributed by atoms with Crippen molar-refractivity contribution in [2.24, 2.45) is 0 Å². The summed E-state index contributed by atoms with van der Waals surface area (Å²) in [6, 6.07) is 13.2. The van der Waals surface area contributed by atoms with E-state index in [0.29, 0.717) is 46.6 Å². The Morgan fingerprint density at radius 2 is 1.74 bits per heavy atom. The number of hydrogen-bond donors (Lipinski definition) is 5. The molecular weight excluding hydrogens is 604 g/mol. The van der Waals surface area contributed by atoms with E-state index in [1.807, 2.05) is 24.3 Å². The lowest BCUT2D eigenvalue weighted by Gasteiger charge is -2.31. The molecule has 2 fully saturated rings. The lowest BCUT2D eigenvalue weighted by atomic mass is 9.94. The van der Waals surface area contributed by atoms with Crippen LogP contribution in [0.5, 0.6) is 0 Å². The van der Waals surface area contributed by atoms with Gasteiger partial charge in [-0.3, -0.25) is 9.89 Å². The molecule has 4 heterocycles. The van der Waals surface area contributed by atoms with Crippen molar-refractivity contribution in [1.29, 1.82) is 0 Å². The fourth-order valence-corrected chi connectivity index (χ4v) is 6.24. The number of carbonyl (C=O) groups excluding carboxylic acids is 1. The number of halogens is 2. The van der Waals surface area contributed by atoms with Crippen molar-refractivity contribution in [3.05, 3.63) is 89.2 Å². The number of aromatic amines is 1. The van der Waals surface area contributed by atoms with E-state index in [2.05, 4.69) is 47.1 Å². The van der Waals surface area contributed by atoms with E-state index in [-0.39, 0.29) is 24.3 Å². The largest absolute Gasteiger partial charge is 0.381 e. The molecule has 2 aliphatic heterocycles. The standard InChI is InChI=1S/C34H35F2N9O2/c35-23-12-20(13-24(36)15-23)11-21-14-29-31(17-28(21)22-18-39-34(37)40-19-22)43-44-32(29)42-33(46)27-2-1-26(45-7-5-38-6-8-45)16-30(27)41-25-3-9-47-10-4-25/h1-2,12-19,25,38,41H,3-11H2,(H2,37,39,40)(H2,42,43,44,46). The van der Waals surface area contributed by atoms with Crippen LogP contribution >= 0.6 is 0 Å². The van der Waals surface area contributed by atoms with Gasteiger partial charge in [-0.05, 0) is 78.4 Å². The average Bonchev–Trinajstić information content (AvgIpc) is 3.46. The van der Waals surface area contributed by atoms with E-state index >= 15 is 0 Å². The average molecular weight is 640 g/mol. The Morgan fingerprint density at radius 1 is 1.00 bits per heavy atom. The maximum Gasteiger partial charge on any atom is 0.258 e. The number of amides is 1. The summed E-state index contributed by atoms with van der Waals surface area (Å²) < 4.78 is 33.8. The fourth-order valence-electron chi connectivity index (χ4n) is 6.24. The lowest BCUT2D eigenvalue weighted by Crippen LogP contribution is -2.43. The van der Waals surface area contributed by atoms with E-state index in [9.17, 15) is 13.6 Å². The number of nitrogens with two attached hydrogens (primary N) is 1. The first kappa shape index (κ1) is 30.5. The summed E-state index contributed by atoms with van der Waals surface area (Å²) in [4.78, 5) is 24.5. The van der Waals surface area contributed by atoms with Gasteiger partial charge in [-0.15, -0.1) is 0 Å². The zero-order chi connectivity index (χ0) is 32.3. The monoisotopic (exact) mass is 639 g/mol. The van der Waals surface area contributed by atoms with E-state index in [1.165, 1.54) is 12.1 Å². The van der Waals surface area contributed by atoms with E-state index in [1.54, 1.807) is 12.4 Å². The summed E-state index contributed by atoms with van der Waals surface area (Å²) in [5, 5.41) is 18.1. The number of nitrogens with zero attached hydrogens (tertiary/aromatic N) is 4. The minimum absolute atomic E-state index is 0.127. The summed E-state index contributed by atoms with van der Waals surface area (Å²) in [7, 11) is 0. The molecule has 2 aliphatic rings. The van der Waals surface area contributed by atoms with Crippen molar-refractivity contribution < 1.29 is 18.3 Å². The number of aromatic nitrogens is 4. The molecule has 2 saturated heterocycles. The van der Waals surface area contributed by atoms with Gasteiger partial charge in [0.15, 0.2) is 5.82 Å². The molecule has 3 aromatic carbocycles. The van der Waals surface area contributed by atoms with Gasteiger partial charge in [0.05, 0.1) is 11.1 Å². The van der Waals surface area contributed by atoms with E-state index < -0.39 is 11.6 Å². The van der Waals surface area contributed by atoms with Crippen LogP contribution < -0.4 is 26.6 Å². The van der Waals surface area contributed by atoms with Crippen molar-refractivity contribution in [1.82, 2.24) is 25.5 Å². The number of carbonyl (C=O) groups is 1. The highest BCUT2D eigenvalue weighted by atomic mass is 19.1. The number of piperazine rings is 1. The van der Waals surface area contributed by atoms with Crippen LogP contribution in [0.1, 0.15) is 34.3 Å². The van der Waals surface area contributed by atoms with Crippen LogP contribution in [-0.4, -0.2) is 71.5 Å². The normalized spacial score (nSPS) is 15.6. The highest BCUT2D eigenvalue weighted by molar-refractivity contribution is 6.11. The molecular formula is C34H35F2N9O2. The molecule has 0 unspecified atom stereocenters. The second kappa shape index (κ2) is 13.3. The Kier molecular flexibility index (Phi) is 8.64. The number of hydrogen-bond acceptors (Lipinski definition) is 9. The third kappa shape index (κ3) is 6.86. The molecule has 0 radical (unpaired) electrons. The first-order chi connectivity index (χ1) is 22.9. The van der Waals surface area contributed by atoms with Crippen LogP contribution in [0.15, 0.2) is 60.9 Å². The summed E-state index contributed by atoms with van der Waals surface area (Å²) in [5.41, 5.74) is 11.3. The zero-order valence-corrected chi connectivity index (χ0v) is 25.7. The molecule has 2 aromatic heterocycles. The first-order valence-electron chi connectivity index (χ1n) is 15.7. The van der Waals surface area contributed by atoms with Gasteiger partial charge in [-0.1, -0.05) is 0 Å². The predicted octanol–water partition coefficient (Wildman–Crippen LogP) is 4.72. The SMILES string of the molecule is Nc1ncc(-c2cc3[nH]nc(NC(=O)c4ccc(N5CCNCC5)cc4NC4CCOCC4)c3cc2Cc2cc(F)cc(F)c2)cn1.